The van der Waals surface area contributed by atoms with Gasteiger partial charge in [0.2, 0.25) is 0 Å². The molecule has 6 nitrogen and oxygen atoms in total. The normalized spacial score (nSPS) is 10.3. The summed E-state index contributed by atoms with van der Waals surface area (Å²) in [5.41, 5.74) is 8.05. The molecule has 2 aromatic rings. The van der Waals surface area contributed by atoms with Crippen molar-refractivity contribution in [2.45, 2.75) is 13.8 Å². The van der Waals surface area contributed by atoms with Crippen LogP contribution in [-0.4, -0.2) is 21.2 Å². The zero-order chi connectivity index (χ0) is 13.3. The topological polar surface area (TPSA) is 104 Å². The Balaban J connectivity index is 2.21. The fraction of sp³-hybridized carbons (Fsp3) is 0.167. The lowest BCUT2D eigenvalue weighted by atomic mass is 10.2. The van der Waals surface area contributed by atoms with Gasteiger partial charge in [-0.1, -0.05) is 6.07 Å². The second-order valence-electron chi connectivity index (χ2n) is 4.07. The molecule has 0 spiro atoms. The van der Waals surface area contributed by atoms with Gasteiger partial charge < -0.3 is 16.2 Å². The average molecular weight is 246 g/mol. The van der Waals surface area contributed by atoms with E-state index in [-0.39, 0.29) is 11.4 Å². The molecule has 0 atom stereocenters. The van der Waals surface area contributed by atoms with Crippen molar-refractivity contribution in [3.63, 3.8) is 0 Å². The number of aromatic nitrogens is 2. The third-order valence-electron chi connectivity index (χ3n) is 2.68. The first-order chi connectivity index (χ1) is 8.49. The number of benzene rings is 1. The monoisotopic (exact) mass is 246 g/mol. The Hall–Kier alpha value is -2.50. The summed E-state index contributed by atoms with van der Waals surface area (Å²) in [5.74, 6) is -0.293. The number of amides is 1. The van der Waals surface area contributed by atoms with Crippen molar-refractivity contribution in [1.29, 1.82) is 0 Å². The number of carbonyl (C=O) groups is 1. The minimum absolute atomic E-state index is 0.124. The molecule has 0 aliphatic carbocycles. The number of phenolic OH excluding ortho intramolecular Hbond substituents is 1. The number of aromatic hydroxyl groups is 1. The molecule has 0 saturated carbocycles. The van der Waals surface area contributed by atoms with Gasteiger partial charge in [0, 0.05) is 11.8 Å². The van der Waals surface area contributed by atoms with Crippen LogP contribution in [0.5, 0.6) is 5.75 Å². The number of aryl methyl sites for hydroxylation is 2. The largest absolute Gasteiger partial charge is 0.508 e. The Kier molecular flexibility index (Phi) is 2.93. The van der Waals surface area contributed by atoms with Crippen LogP contribution in [0.3, 0.4) is 0 Å². The second kappa shape index (κ2) is 4.40. The van der Waals surface area contributed by atoms with Gasteiger partial charge in [0.25, 0.3) is 5.91 Å². The molecule has 1 aromatic heterocycles. The number of nitrogen functional groups attached to an aromatic ring is 1. The van der Waals surface area contributed by atoms with E-state index in [0.717, 1.165) is 5.56 Å². The summed E-state index contributed by atoms with van der Waals surface area (Å²) in [6.45, 7) is 3.51. The van der Waals surface area contributed by atoms with Crippen LogP contribution < -0.4 is 11.1 Å². The molecule has 0 radical (unpaired) electrons. The van der Waals surface area contributed by atoms with Gasteiger partial charge in [-0.05, 0) is 25.5 Å². The first kappa shape index (κ1) is 12.0. The maximum Gasteiger partial charge on any atom is 0.278 e. The third kappa shape index (κ3) is 2.13. The van der Waals surface area contributed by atoms with E-state index in [4.69, 9.17) is 5.73 Å². The van der Waals surface area contributed by atoms with E-state index in [1.165, 1.54) is 6.07 Å². The highest BCUT2D eigenvalue weighted by atomic mass is 16.3. The summed E-state index contributed by atoms with van der Waals surface area (Å²) in [6.07, 6.45) is 0. The number of hydrogen-bond acceptors (Lipinski definition) is 4. The number of H-pyrrole nitrogens is 1. The second-order valence-corrected chi connectivity index (χ2v) is 4.07. The van der Waals surface area contributed by atoms with Gasteiger partial charge in [-0.15, -0.1) is 0 Å². The molecule has 0 fully saturated rings. The number of carbonyl (C=O) groups excluding carboxylic acids is 1. The van der Waals surface area contributed by atoms with Crippen molar-refractivity contribution in [2.24, 2.45) is 0 Å². The van der Waals surface area contributed by atoms with E-state index in [1.54, 1.807) is 26.0 Å². The quantitative estimate of drug-likeness (QED) is 0.645. The third-order valence-corrected chi connectivity index (χ3v) is 2.68. The maximum absolute atomic E-state index is 11.9. The van der Waals surface area contributed by atoms with E-state index in [1.807, 2.05) is 0 Å². The molecule has 18 heavy (non-hydrogen) atoms. The first-order valence-corrected chi connectivity index (χ1v) is 5.40. The number of anilines is 2. The summed E-state index contributed by atoms with van der Waals surface area (Å²) < 4.78 is 0. The van der Waals surface area contributed by atoms with Crippen LogP contribution in [0.25, 0.3) is 0 Å². The summed E-state index contributed by atoms with van der Waals surface area (Å²) in [4.78, 5) is 11.9. The summed E-state index contributed by atoms with van der Waals surface area (Å²) in [5, 5.41) is 18.6. The summed E-state index contributed by atoms with van der Waals surface area (Å²) in [7, 11) is 0. The molecule has 0 unspecified atom stereocenters. The van der Waals surface area contributed by atoms with Crippen LogP contribution >= 0.6 is 0 Å². The predicted octanol–water partition coefficient (Wildman–Crippen LogP) is 1.57. The number of nitrogens with one attached hydrogen (secondary N) is 2. The van der Waals surface area contributed by atoms with Crippen LogP contribution in [0.15, 0.2) is 18.2 Å². The van der Waals surface area contributed by atoms with Crippen LogP contribution in [0.2, 0.25) is 0 Å². The lowest BCUT2D eigenvalue weighted by Crippen LogP contribution is -2.14. The van der Waals surface area contributed by atoms with Crippen molar-refractivity contribution in [1.82, 2.24) is 10.2 Å². The number of hydrogen-bond donors (Lipinski definition) is 4. The van der Waals surface area contributed by atoms with Crippen molar-refractivity contribution >= 4 is 17.3 Å². The number of nitrogens with two attached hydrogens (primary N) is 1. The molecule has 1 heterocycles. The van der Waals surface area contributed by atoms with Crippen LogP contribution in [0.4, 0.5) is 11.4 Å². The van der Waals surface area contributed by atoms with E-state index in [0.29, 0.717) is 17.1 Å². The van der Waals surface area contributed by atoms with Crippen LogP contribution in [0.1, 0.15) is 21.7 Å². The fourth-order valence-corrected chi connectivity index (χ4v) is 1.49. The van der Waals surface area contributed by atoms with Crippen molar-refractivity contribution in [3.8, 4) is 5.75 Å². The van der Waals surface area contributed by atoms with E-state index >= 15 is 0 Å². The van der Waals surface area contributed by atoms with Crippen molar-refractivity contribution in [2.75, 3.05) is 11.1 Å². The Morgan fingerprint density at radius 1 is 1.44 bits per heavy atom. The molecule has 0 saturated heterocycles. The van der Waals surface area contributed by atoms with Crippen molar-refractivity contribution < 1.29 is 9.90 Å². The highest BCUT2D eigenvalue weighted by molar-refractivity contribution is 6.06. The molecular weight excluding hydrogens is 232 g/mol. The van der Waals surface area contributed by atoms with E-state index < -0.39 is 5.91 Å². The number of aromatic amines is 1. The van der Waals surface area contributed by atoms with Gasteiger partial charge in [-0.25, -0.2) is 0 Å². The lowest BCUT2D eigenvalue weighted by molar-refractivity contribution is 0.102. The molecule has 5 N–H and O–H groups in total. The maximum atomic E-state index is 11.9. The zero-order valence-corrected chi connectivity index (χ0v) is 10.1. The van der Waals surface area contributed by atoms with E-state index in [2.05, 4.69) is 15.5 Å². The number of rotatable bonds is 2. The van der Waals surface area contributed by atoms with Gasteiger partial charge in [0.05, 0.1) is 11.4 Å². The summed E-state index contributed by atoms with van der Waals surface area (Å²) >= 11 is 0. The standard InChI is InChI=1S/C12H14N4O2/c1-6-3-4-8(5-9(6)17)14-12(18)11-10(13)7(2)15-16-11/h3-5,17H,13H2,1-2H3,(H,14,18)(H,15,16). The molecule has 2 rings (SSSR count). The average Bonchev–Trinajstić information content (AvgIpc) is 2.65. The fourth-order valence-electron chi connectivity index (χ4n) is 1.49. The Bertz CT molecular complexity index is 604. The van der Waals surface area contributed by atoms with Crippen LogP contribution in [0, 0.1) is 13.8 Å². The van der Waals surface area contributed by atoms with Gasteiger partial charge in [-0.2, -0.15) is 5.10 Å². The SMILES string of the molecule is Cc1ccc(NC(=O)c2n[nH]c(C)c2N)cc1O. The van der Waals surface area contributed by atoms with E-state index in [9.17, 15) is 9.90 Å². The smallest absolute Gasteiger partial charge is 0.278 e. The molecule has 6 heteroatoms. The Morgan fingerprint density at radius 2 is 2.17 bits per heavy atom. The molecule has 1 amide bonds. The van der Waals surface area contributed by atoms with Gasteiger partial charge in [0.15, 0.2) is 5.69 Å². The zero-order valence-electron chi connectivity index (χ0n) is 10.1. The molecule has 0 aliphatic rings. The predicted molar refractivity (Wildman–Crippen MR) is 68.5 cm³/mol. The van der Waals surface area contributed by atoms with Crippen molar-refractivity contribution in [3.05, 3.63) is 35.2 Å². The van der Waals surface area contributed by atoms with Crippen LogP contribution in [-0.2, 0) is 0 Å². The van der Waals surface area contributed by atoms with Gasteiger partial charge in [-0.3, -0.25) is 9.89 Å². The molecule has 0 aliphatic heterocycles. The first-order valence-electron chi connectivity index (χ1n) is 5.40. The molecule has 94 valence electrons. The minimum atomic E-state index is -0.417. The van der Waals surface area contributed by atoms with Gasteiger partial charge >= 0.3 is 0 Å². The lowest BCUT2D eigenvalue weighted by Gasteiger charge is -2.05. The Morgan fingerprint density at radius 3 is 2.72 bits per heavy atom. The molecule has 0 bridgehead atoms. The Labute approximate surface area is 104 Å². The number of phenols is 1. The molecule has 1 aromatic carbocycles. The summed E-state index contributed by atoms with van der Waals surface area (Å²) in [6, 6.07) is 4.88. The minimum Gasteiger partial charge on any atom is -0.508 e. The molecular formula is C12H14N4O2. The van der Waals surface area contributed by atoms with Gasteiger partial charge in [0.1, 0.15) is 5.75 Å². The number of nitrogens with zero attached hydrogens (tertiary/aromatic N) is 1. The highest BCUT2D eigenvalue weighted by Crippen LogP contribution is 2.22. The highest BCUT2D eigenvalue weighted by Gasteiger charge is 2.15.